The van der Waals surface area contributed by atoms with Gasteiger partial charge in [0.25, 0.3) is 0 Å². The predicted octanol–water partition coefficient (Wildman–Crippen LogP) is 3.50. The van der Waals surface area contributed by atoms with Crippen molar-refractivity contribution in [2.24, 2.45) is 0 Å². The molecule has 2 rings (SSSR count). The smallest absolute Gasteiger partial charge is 0.329 e. The first-order valence-corrected chi connectivity index (χ1v) is 10.5. The van der Waals surface area contributed by atoms with Crippen molar-refractivity contribution in [1.29, 1.82) is 0 Å². The minimum atomic E-state index is -1.08. The number of benzene rings is 2. The van der Waals surface area contributed by atoms with Gasteiger partial charge in [-0.3, -0.25) is 14.4 Å². The highest BCUT2D eigenvalue weighted by atomic mass is 32.2. The summed E-state index contributed by atoms with van der Waals surface area (Å²) in [5.41, 5.74) is 0.0846. The molecule has 0 saturated carbocycles. The quantitative estimate of drug-likeness (QED) is 0.471. The molecule has 0 saturated heterocycles. The maximum absolute atomic E-state index is 14.4. The summed E-state index contributed by atoms with van der Waals surface area (Å²) >= 11 is 0.688. The van der Waals surface area contributed by atoms with Crippen molar-refractivity contribution in [3.8, 4) is 16.9 Å². The number of nitrogens with one attached hydrogen (secondary N) is 1. The first kappa shape index (κ1) is 25.0. The van der Waals surface area contributed by atoms with Crippen LogP contribution in [0.1, 0.15) is 31.1 Å². The van der Waals surface area contributed by atoms with E-state index in [2.05, 4.69) is 5.32 Å². The number of amides is 1. The van der Waals surface area contributed by atoms with Gasteiger partial charge in [0, 0.05) is 36.8 Å². The van der Waals surface area contributed by atoms with Crippen LogP contribution >= 0.6 is 11.8 Å². The zero-order chi connectivity index (χ0) is 23.8. The Morgan fingerprint density at radius 2 is 1.72 bits per heavy atom. The summed E-state index contributed by atoms with van der Waals surface area (Å²) in [6.45, 7) is 4.09. The lowest BCUT2D eigenvalue weighted by Crippen LogP contribution is -2.42. The summed E-state index contributed by atoms with van der Waals surface area (Å²) in [7, 11) is 0. The molecule has 0 aromatic heterocycles. The second-order valence-electron chi connectivity index (χ2n) is 6.53. The van der Waals surface area contributed by atoms with Crippen LogP contribution in [0.25, 0.3) is 11.1 Å². The molecule has 170 valence electrons. The van der Waals surface area contributed by atoms with E-state index < -0.39 is 40.6 Å². The molecule has 0 radical (unpaired) electrons. The Morgan fingerprint density at radius 1 is 1.03 bits per heavy atom. The van der Waals surface area contributed by atoms with Crippen molar-refractivity contribution >= 4 is 34.7 Å². The predicted molar refractivity (Wildman–Crippen MR) is 114 cm³/mol. The molecule has 0 heterocycles. The van der Waals surface area contributed by atoms with Gasteiger partial charge in [-0.2, -0.15) is 0 Å². The molecule has 0 unspecified atom stereocenters. The Kier molecular flexibility index (Phi) is 8.89. The summed E-state index contributed by atoms with van der Waals surface area (Å²) < 4.78 is 37.6. The zero-order valence-electron chi connectivity index (χ0n) is 17.6. The van der Waals surface area contributed by atoms with Crippen molar-refractivity contribution in [1.82, 2.24) is 5.32 Å². The highest BCUT2D eigenvalue weighted by Crippen LogP contribution is 2.32. The van der Waals surface area contributed by atoms with Gasteiger partial charge in [0.2, 0.25) is 11.0 Å². The minimum absolute atomic E-state index is 0.0234. The fourth-order valence-corrected chi connectivity index (χ4v) is 3.62. The highest BCUT2D eigenvalue weighted by Gasteiger charge is 2.24. The molecule has 0 fully saturated rings. The summed E-state index contributed by atoms with van der Waals surface area (Å²) in [4.78, 5) is 47.7. The lowest BCUT2D eigenvalue weighted by atomic mass is 9.99. The molecule has 1 atom stereocenters. The van der Waals surface area contributed by atoms with E-state index in [0.717, 1.165) is 6.07 Å². The molecule has 32 heavy (non-hydrogen) atoms. The SMILES string of the molecule is CCOC(=O)[C@H](CSC(=O)c1cc(OC(C)=O)ccc1-c1ccc(F)cc1F)NC(C)=O. The molecule has 0 bridgehead atoms. The van der Waals surface area contributed by atoms with Gasteiger partial charge in [0.05, 0.1) is 6.61 Å². The zero-order valence-corrected chi connectivity index (χ0v) is 18.4. The van der Waals surface area contributed by atoms with Crippen molar-refractivity contribution in [2.75, 3.05) is 12.4 Å². The lowest BCUT2D eigenvalue weighted by molar-refractivity contribution is -0.146. The van der Waals surface area contributed by atoms with Crippen LogP contribution in [0.4, 0.5) is 8.78 Å². The third kappa shape index (κ3) is 6.88. The second kappa shape index (κ2) is 11.4. The lowest BCUT2D eigenvalue weighted by Gasteiger charge is -2.16. The van der Waals surface area contributed by atoms with Crippen molar-refractivity contribution in [2.45, 2.75) is 26.8 Å². The number of thioether (sulfide) groups is 1. The van der Waals surface area contributed by atoms with E-state index in [9.17, 15) is 28.0 Å². The molecule has 2 aromatic carbocycles. The summed E-state index contributed by atoms with van der Waals surface area (Å²) in [5.74, 6) is -3.57. The fraction of sp³-hybridized carbons (Fsp3) is 0.273. The number of hydrogen-bond donors (Lipinski definition) is 1. The number of esters is 2. The van der Waals surface area contributed by atoms with E-state index in [-0.39, 0.29) is 34.8 Å². The van der Waals surface area contributed by atoms with Crippen LogP contribution in [0.5, 0.6) is 5.75 Å². The van der Waals surface area contributed by atoms with Crippen LogP contribution in [-0.4, -0.2) is 41.4 Å². The van der Waals surface area contributed by atoms with E-state index in [4.69, 9.17) is 9.47 Å². The average molecular weight is 465 g/mol. The summed E-state index contributed by atoms with van der Waals surface area (Å²) in [6, 6.07) is 5.85. The fourth-order valence-electron chi connectivity index (χ4n) is 2.76. The number of carbonyl (C=O) groups excluding carboxylic acids is 4. The topological polar surface area (TPSA) is 98.8 Å². The van der Waals surface area contributed by atoms with Crippen molar-refractivity contribution in [3.05, 3.63) is 53.6 Å². The molecule has 1 amide bonds. The second-order valence-corrected chi connectivity index (χ2v) is 7.52. The van der Waals surface area contributed by atoms with Gasteiger partial charge in [-0.05, 0) is 42.8 Å². The Labute approximate surface area is 187 Å². The molecule has 0 aliphatic rings. The van der Waals surface area contributed by atoms with Gasteiger partial charge < -0.3 is 14.8 Å². The average Bonchev–Trinajstić information content (AvgIpc) is 2.70. The summed E-state index contributed by atoms with van der Waals surface area (Å²) in [6.07, 6.45) is 0. The molecule has 7 nitrogen and oxygen atoms in total. The Bertz CT molecular complexity index is 1040. The van der Waals surface area contributed by atoms with Gasteiger partial charge in [-0.1, -0.05) is 11.8 Å². The number of halogens is 2. The molecular weight excluding hydrogens is 444 g/mol. The molecule has 0 aliphatic carbocycles. The van der Waals surface area contributed by atoms with Crippen LogP contribution in [-0.2, 0) is 19.1 Å². The van der Waals surface area contributed by atoms with E-state index in [0.29, 0.717) is 17.8 Å². The largest absolute Gasteiger partial charge is 0.464 e. The Morgan fingerprint density at radius 3 is 2.31 bits per heavy atom. The van der Waals surface area contributed by atoms with Crippen molar-refractivity contribution < 1.29 is 37.4 Å². The van der Waals surface area contributed by atoms with Crippen molar-refractivity contribution in [3.63, 3.8) is 0 Å². The molecule has 1 N–H and O–H groups in total. The Balaban J connectivity index is 2.38. The van der Waals surface area contributed by atoms with E-state index >= 15 is 0 Å². The monoisotopic (exact) mass is 465 g/mol. The molecule has 10 heteroatoms. The van der Waals surface area contributed by atoms with Gasteiger partial charge in [-0.25, -0.2) is 13.6 Å². The van der Waals surface area contributed by atoms with Gasteiger partial charge in [-0.15, -0.1) is 0 Å². The molecule has 0 spiro atoms. The number of rotatable bonds is 8. The number of hydrogen-bond acceptors (Lipinski definition) is 7. The van der Waals surface area contributed by atoms with Crippen LogP contribution in [0, 0.1) is 11.6 Å². The molecular formula is C22H21F2NO6S. The van der Waals surface area contributed by atoms with Crippen LogP contribution in [0.3, 0.4) is 0 Å². The maximum atomic E-state index is 14.4. The van der Waals surface area contributed by atoms with Crippen LogP contribution < -0.4 is 10.1 Å². The van der Waals surface area contributed by atoms with E-state index in [1.165, 1.54) is 38.1 Å². The minimum Gasteiger partial charge on any atom is -0.464 e. The maximum Gasteiger partial charge on any atom is 0.329 e. The first-order chi connectivity index (χ1) is 15.1. The standard InChI is InChI=1S/C22H21F2NO6S/c1-4-30-21(28)20(25-12(2)26)11-32-22(29)18-10-15(31-13(3)27)6-8-16(18)17-7-5-14(23)9-19(17)24/h5-10,20H,4,11H2,1-3H3,(H,25,26)/t20-/m0/s1. The van der Waals surface area contributed by atoms with Gasteiger partial charge in [0.15, 0.2) is 0 Å². The van der Waals surface area contributed by atoms with Gasteiger partial charge in [0.1, 0.15) is 23.4 Å². The Hall–Kier alpha value is -3.27. The molecule has 2 aromatic rings. The normalized spacial score (nSPS) is 11.4. The third-order valence-corrected chi connectivity index (χ3v) is 5.01. The van der Waals surface area contributed by atoms with E-state index in [1.807, 2.05) is 0 Å². The van der Waals surface area contributed by atoms with Crippen LogP contribution in [0.2, 0.25) is 0 Å². The highest BCUT2D eigenvalue weighted by molar-refractivity contribution is 8.14. The molecule has 0 aliphatic heterocycles. The number of carbonyl (C=O) groups is 4. The van der Waals surface area contributed by atoms with Gasteiger partial charge >= 0.3 is 11.9 Å². The van der Waals surface area contributed by atoms with Crippen LogP contribution in [0.15, 0.2) is 36.4 Å². The summed E-state index contributed by atoms with van der Waals surface area (Å²) in [5, 5.41) is 1.83. The first-order valence-electron chi connectivity index (χ1n) is 9.51. The third-order valence-electron chi connectivity index (χ3n) is 4.02. The van der Waals surface area contributed by atoms with E-state index in [1.54, 1.807) is 6.92 Å². The number of ether oxygens (including phenoxy) is 2.